The number of nitro benzene ring substituents is 1. The standard InChI is InChI=1S/C17H18N2O5/c1-11(12-7-5-4-6-8-12)18-17(20)13-9-15(23-2)16(24-3)10-14(13)19(21)22/h4-11H,1-3H3,(H,18,20)/t11-/m1/s1. The minimum absolute atomic E-state index is 0.0829. The summed E-state index contributed by atoms with van der Waals surface area (Å²) >= 11 is 0. The van der Waals surface area contributed by atoms with Gasteiger partial charge in [0.05, 0.1) is 31.3 Å². The fraction of sp³-hybridized carbons (Fsp3) is 0.235. The lowest BCUT2D eigenvalue weighted by Gasteiger charge is -2.15. The lowest BCUT2D eigenvalue weighted by molar-refractivity contribution is -0.385. The third-order valence-corrected chi connectivity index (χ3v) is 3.59. The molecule has 0 fully saturated rings. The van der Waals surface area contributed by atoms with E-state index < -0.39 is 10.8 Å². The van der Waals surface area contributed by atoms with Gasteiger partial charge in [-0.15, -0.1) is 0 Å². The van der Waals surface area contributed by atoms with E-state index in [4.69, 9.17) is 9.47 Å². The third-order valence-electron chi connectivity index (χ3n) is 3.59. The van der Waals surface area contributed by atoms with Crippen molar-refractivity contribution in [2.45, 2.75) is 13.0 Å². The summed E-state index contributed by atoms with van der Waals surface area (Å²) in [5.41, 5.74) is 0.472. The first-order chi connectivity index (χ1) is 11.5. The van der Waals surface area contributed by atoms with Crippen LogP contribution in [0.4, 0.5) is 5.69 Å². The number of methoxy groups -OCH3 is 2. The molecule has 0 bridgehead atoms. The van der Waals surface area contributed by atoms with E-state index in [1.54, 1.807) is 6.92 Å². The Morgan fingerprint density at radius 3 is 2.25 bits per heavy atom. The lowest BCUT2D eigenvalue weighted by atomic mass is 10.1. The van der Waals surface area contributed by atoms with E-state index in [9.17, 15) is 14.9 Å². The van der Waals surface area contributed by atoms with Crippen LogP contribution in [-0.4, -0.2) is 25.1 Å². The van der Waals surface area contributed by atoms with Crippen molar-refractivity contribution in [1.82, 2.24) is 5.32 Å². The van der Waals surface area contributed by atoms with Crippen LogP contribution in [-0.2, 0) is 0 Å². The Balaban J connectivity index is 2.35. The van der Waals surface area contributed by atoms with E-state index >= 15 is 0 Å². The lowest BCUT2D eigenvalue weighted by Crippen LogP contribution is -2.27. The molecule has 0 aliphatic heterocycles. The van der Waals surface area contributed by atoms with Gasteiger partial charge in [-0.3, -0.25) is 14.9 Å². The number of carbonyl (C=O) groups excluding carboxylic acids is 1. The number of nitrogens with one attached hydrogen (secondary N) is 1. The van der Waals surface area contributed by atoms with Gasteiger partial charge in [-0.25, -0.2) is 0 Å². The number of ether oxygens (including phenoxy) is 2. The van der Waals surface area contributed by atoms with Crippen LogP contribution in [0.3, 0.4) is 0 Å². The maximum Gasteiger partial charge on any atom is 0.286 e. The highest BCUT2D eigenvalue weighted by atomic mass is 16.6. The summed E-state index contributed by atoms with van der Waals surface area (Å²) in [4.78, 5) is 23.2. The zero-order valence-corrected chi connectivity index (χ0v) is 13.6. The number of nitrogens with zero attached hydrogens (tertiary/aromatic N) is 1. The maximum absolute atomic E-state index is 12.5. The molecular formula is C17H18N2O5. The molecule has 0 aromatic heterocycles. The van der Waals surface area contributed by atoms with Gasteiger partial charge in [0.2, 0.25) is 0 Å². The summed E-state index contributed by atoms with van der Waals surface area (Å²) in [5, 5.41) is 14.0. The highest BCUT2D eigenvalue weighted by molar-refractivity contribution is 5.99. The summed E-state index contributed by atoms with van der Waals surface area (Å²) in [7, 11) is 2.77. The van der Waals surface area contributed by atoms with E-state index in [-0.39, 0.29) is 28.8 Å². The Morgan fingerprint density at radius 1 is 1.12 bits per heavy atom. The highest BCUT2D eigenvalue weighted by Crippen LogP contribution is 2.34. The molecule has 0 aliphatic rings. The number of carbonyl (C=O) groups is 1. The first kappa shape index (κ1) is 17.3. The second-order valence-corrected chi connectivity index (χ2v) is 5.09. The highest BCUT2D eigenvalue weighted by Gasteiger charge is 2.25. The molecule has 1 atom stereocenters. The number of hydrogen-bond donors (Lipinski definition) is 1. The number of hydrogen-bond acceptors (Lipinski definition) is 5. The molecule has 7 nitrogen and oxygen atoms in total. The van der Waals surface area contributed by atoms with Crippen molar-refractivity contribution in [1.29, 1.82) is 0 Å². The molecule has 0 saturated carbocycles. The Kier molecular flexibility index (Phi) is 5.36. The Morgan fingerprint density at radius 2 is 1.71 bits per heavy atom. The van der Waals surface area contributed by atoms with Crippen LogP contribution in [0.25, 0.3) is 0 Å². The van der Waals surface area contributed by atoms with Crippen LogP contribution in [0.15, 0.2) is 42.5 Å². The average molecular weight is 330 g/mol. The topological polar surface area (TPSA) is 90.7 Å². The summed E-state index contributed by atoms with van der Waals surface area (Å²) in [6, 6.07) is 11.5. The van der Waals surface area contributed by atoms with Crippen LogP contribution in [0.5, 0.6) is 11.5 Å². The molecule has 0 heterocycles. The third kappa shape index (κ3) is 3.62. The van der Waals surface area contributed by atoms with Crippen molar-refractivity contribution in [3.8, 4) is 11.5 Å². The van der Waals surface area contributed by atoms with Crippen LogP contribution in [0.2, 0.25) is 0 Å². The zero-order chi connectivity index (χ0) is 17.7. The van der Waals surface area contributed by atoms with E-state index in [1.165, 1.54) is 26.4 Å². The van der Waals surface area contributed by atoms with Gasteiger partial charge in [0.25, 0.3) is 11.6 Å². The van der Waals surface area contributed by atoms with Crippen molar-refractivity contribution >= 4 is 11.6 Å². The van der Waals surface area contributed by atoms with E-state index in [2.05, 4.69) is 5.32 Å². The number of nitro groups is 1. The first-order valence-electron chi connectivity index (χ1n) is 7.24. The summed E-state index contributed by atoms with van der Waals surface area (Å²) in [5.74, 6) is -0.114. The van der Waals surface area contributed by atoms with Crippen LogP contribution in [0.1, 0.15) is 28.9 Å². The largest absolute Gasteiger partial charge is 0.493 e. The Hall–Kier alpha value is -3.09. The van der Waals surface area contributed by atoms with Gasteiger partial charge in [-0.2, -0.15) is 0 Å². The van der Waals surface area contributed by atoms with E-state index in [0.29, 0.717) is 0 Å². The zero-order valence-electron chi connectivity index (χ0n) is 13.6. The maximum atomic E-state index is 12.5. The molecule has 1 N–H and O–H groups in total. The molecule has 0 spiro atoms. The molecule has 0 aliphatic carbocycles. The van der Waals surface area contributed by atoms with Crippen molar-refractivity contribution in [2.75, 3.05) is 14.2 Å². The molecule has 0 radical (unpaired) electrons. The van der Waals surface area contributed by atoms with Gasteiger partial charge in [0.15, 0.2) is 11.5 Å². The molecule has 126 valence electrons. The minimum Gasteiger partial charge on any atom is -0.493 e. The van der Waals surface area contributed by atoms with Crippen molar-refractivity contribution in [2.24, 2.45) is 0 Å². The van der Waals surface area contributed by atoms with Gasteiger partial charge in [-0.05, 0) is 12.5 Å². The second-order valence-electron chi connectivity index (χ2n) is 5.09. The van der Waals surface area contributed by atoms with Crippen LogP contribution >= 0.6 is 0 Å². The van der Waals surface area contributed by atoms with Gasteiger partial charge < -0.3 is 14.8 Å². The fourth-order valence-corrected chi connectivity index (χ4v) is 2.30. The average Bonchev–Trinajstić information content (AvgIpc) is 2.60. The van der Waals surface area contributed by atoms with Gasteiger partial charge in [-0.1, -0.05) is 30.3 Å². The molecular weight excluding hydrogens is 312 g/mol. The van der Waals surface area contributed by atoms with Gasteiger partial charge in [0, 0.05) is 6.07 Å². The number of amides is 1. The van der Waals surface area contributed by atoms with Crippen molar-refractivity contribution < 1.29 is 19.2 Å². The van der Waals surface area contributed by atoms with Crippen LogP contribution in [0, 0.1) is 10.1 Å². The summed E-state index contributed by atoms with van der Waals surface area (Å²) in [6.45, 7) is 1.81. The molecule has 1 amide bonds. The molecule has 0 saturated heterocycles. The van der Waals surface area contributed by atoms with Gasteiger partial charge in [0.1, 0.15) is 5.56 Å². The molecule has 0 unspecified atom stereocenters. The van der Waals surface area contributed by atoms with E-state index in [1.807, 2.05) is 30.3 Å². The monoisotopic (exact) mass is 330 g/mol. The van der Waals surface area contributed by atoms with Gasteiger partial charge >= 0.3 is 0 Å². The Labute approximate surface area is 139 Å². The second kappa shape index (κ2) is 7.45. The number of rotatable bonds is 6. The summed E-state index contributed by atoms with van der Waals surface area (Å²) < 4.78 is 10.2. The predicted molar refractivity (Wildman–Crippen MR) is 88.5 cm³/mol. The molecule has 24 heavy (non-hydrogen) atoms. The van der Waals surface area contributed by atoms with Crippen LogP contribution < -0.4 is 14.8 Å². The SMILES string of the molecule is COc1cc(C(=O)N[C@H](C)c2ccccc2)c([N+](=O)[O-])cc1OC. The van der Waals surface area contributed by atoms with E-state index in [0.717, 1.165) is 5.56 Å². The minimum atomic E-state index is -0.621. The normalized spacial score (nSPS) is 11.5. The Bertz CT molecular complexity index is 746. The molecule has 2 aromatic carbocycles. The fourth-order valence-electron chi connectivity index (χ4n) is 2.30. The quantitative estimate of drug-likeness (QED) is 0.649. The molecule has 2 rings (SSSR count). The molecule has 2 aromatic rings. The smallest absolute Gasteiger partial charge is 0.286 e. The van der Waals surface area contributed by atoms with Crippen molar-refractivity contribution in [3.05, 3.63) is 63.7 Å². The summed E-state index contributed by atoms with van der Waals surface area (Å²) in [6.07, 6.45) is 0. The number of benzene rings is 2. The van der Waals surface area contributed by atoms with Crippen molar-refractivity contribution in [3.63, 3.8) is 0 Å². The predicted octanol–water partition coefficient (Wildman–Crippen LogP) is 3.10. The molecule has 7 heteroatoms. The first-order valence-corrected chi connectivity index (χ1v) is 7.24.